The van der Waals surface area contributed by atoms with Gasteiger partial charge in [0, 0.05) is 5.56 Å². The molecule has 7 heteroatoms. The normalized spacial score (nSPS) is 11.7. The maximum atomic E-state index is 12.4. The third-order valence-corrected chi connectivity index (χ3v) is 2.59. The Morgan fingerprint density at radius 2 is 1.74 bits per heavy atom. The summed E-state index contributed by atoms with van der Waals surface area (Å²) in [7, 11) is 1.53. The summed E-state index contributed by atoms with van der Waals surface area (Å²) >= 11 is 0. The van der Waals surface area contributed by atoms with Crippen molar-refractivity contribution in [2.75, 3.05) is 7.11 Å². The van der Waals surface area contributed by atoms with E-state index < -0.39 is 12.1 Å². The highest BCUT2D eigenvalue weighted by Gasteiger charge is 2.38. The Morgan fingerprint density at radius 3 is 2.16 bits per heavy atom. The van der Waals surface area contributed by atoms with E-state index in [0.29, 0.717) is 11.3 Å². The van der Waals surface area contributed by atoms with Crippen LogP contribution in [0.4, 0.5) is 13.2 Å². The maximum Gasteiger partial charge on any atom is 0.471 e. The number of hydrogen-bond donors (Lipinski definition) is 0. The Hall–Kier alpha value is -2.05. The Labute approximate surface area is 107 Å². The highest BCUT2D eigenvalue weighted by Crippen LogP contribution is 2.32. The summed E-state index contributed by atoms with van der Waals surface area (Å²) in [6.07, 6.45) is -4.64. The molecule has 0 unspecified atom stereocenters. The van der Waals surface area contributed by atoms with E-state index in [1.54, 1.807) is 26.0 Å². The van der Waals surface area contributed by atoms with Crippen molar-refractivity contribution in [3.05, 3.63) is 29.2 Å². The van der Waals surface area contributed by atoms with Gasteiger partial charge in [-0.3, -0.25) is 0 Å². The molecular weight excluding hydrogens is 261 g/mol. The third kappa shape index (κ3) is 2.54. The molecule has 0 aliphatic heterocycles. The van der Waals surface area contributed by atoms with Crippen molar-refractivity contribution in [1.29, 1.82) is 0 Å². The number of methoxy groups -OCH3 is 1. The molecule has 0 spiro atoms. The Kier molecular flexibility index (Phi) is 3.21. The molecule has 1 aromatic heterocycles. The van der Waals surface area contributed by atoms with Crippen LogP contribution in [0.3, 0.4) is 0 Å². The molecule has 0 saturated carbocycles. The summed E-state index contributed by atoms with van der Waals surface area (Å²) < 4.78 is 46.5. The van der Waals surface area contributed by atoms with Gasteiger partial charge in [0.05, 0.1) is 7.11 Å². The van der Waals surface area contributed by atoms with Gasteiger partial charge in [-0.2, -0.15) is 18.2 Å². The van der Waals surface area contributed by atoms with Crippen molar-refractivity contribution in [2.24, 2.45) is 0 Å². The monoisotopic (exact) mass is 272 g/mol. The number of nitrogens with zero attached hydrogens (tertiary/aromatic N) is 2. The Bertz CT molecular complexity index is 582. The van der Waals surface area contributed by atoms with Crippen LogP contribution < -0.4 is 4.74 Å². The first-order chi connectivity index (χ1) is 8.82. The van der Waals surface area contributed by atoms with E-state index in [-0.39, 0.29) is 5.82 Å². The first-order valence-electron chi connectivity index (χ1n) is 5.39. The van der Waals surface area contributed by atoms with Gasteiger partial charge in [-0.1, -0.05) is 5.16 Å². The second kappa shape index (κ2) is 4.56. The van der Waals surface area contributed by atoms with Gasteiger partial charge >= 0.3 is 12.1 Å². The molecule has 19 heavy (non-hydrogen) atoms. The fourth-order valence-corrected chi connectivity index (χ4v) is 1.86. The maximum absolute atomic E-state index is 12.4. The minimum atomic E-state index is -4.64. The molecule has 0 fully saturated rings. The van der Waals surface area contributed by atoms with E-state index in [1.165, 1.54) is 7.11 Å². The number of ether oxygens (including phenoxy) is 1. The summed E-state index contributed by atoms with van der Waals surface area (Å²) in [6.45, 7) is 3.58. The predicted octanol–water partition coefficient (Wildman–Crippen LogP) is 3.38. The zero-order valence-corrected chi connectivity index (χ0v) is 10.5. The van der Waals surface area contributed by atoms with Gasteiger partial charge in [0.15, 0.2) is 0 Å². The van der Waals surface area contributed by atoms with Crippen LogP contribution in [0, 0.1) is 13.8 Å². The van der Waals surface area contributed by atoms with Crippen molar-refractivity contribution in [3.8, 4) is 17.1 Å². The van der Waals surface area contributed by atoms with Crippen LogP contribution in [0.15, 0.2) is 16.7 Å². The number of aromatic nitrogens is 2. The van der Waals surface area contributed by atoms with Crippen LogP contribution in [0.2, 0.25) is 0 Å². The molecule has 0 bridgehead atoms. The number of rotatable bonds is 2. The third-order valence-electron chi connectivity index (χ3n) is 2.59. The molecule has 2 rings (SSSR count). The van der Waals surface area contributed by atoms with Crippen LogP contribution in [-0.4, -0.2) is 17.3 Å². The lowest BCUT2D eigenvalue weighted by Crippen LogP contribution is -2.04. The van der Waals surface area contributed by atoms with Crippen molar-refractivity contribution in [2.45, 2.75) is 20.0 Å². The van der Waals surface area contributed by atoms with E-state index in [9.17, 15) is 13.2 Å². The van der Waals surface area contributed by atoms with Gasteiger partial charge < -0.3 is 9.26 Å². The van der Waals surface area contributed by atoms with Gasteiger partial charge in [0.25, 0.3) is 0 Å². The van der Waals surface area contributed by atoms with Gasteiger partial charge in [0.2, 0.25) is 5.82 Å². The second-order valence-electron chi connectivity index (χ2n) is 4.06. The molecule has 1 aromatic carbocycles. The average Bonchev–Trinajstić information content (AvgIpc) is 2.77. The summed E-state index contributed by atoms with van der Waals surface area (Å²) in [5, 5.41) is 3.34. The number of aryl methyl sites for hydroxylation is 2. The molecule has 102 valence electrons. The van der Waals surface area contributed by atoms with E-state index in [1.807, 2.05) is 0 Å². The molecule has 0 radical (unpaired) electrons. The first kappa shape index (κ1) is 13.4. The van der Waals surface area contributed by atoms with Crippen LogP contribution in [0.1, 0.15) is 17.0 Å². The highest BCUT2D eigenvalue weighted by atomic mass is 19.4. The predicted molar refractivity (Wildman–Crippen MR) is 60.8 cm³/mol. The second-order valence-corrected chi connectivity index (χ2v) is 4.06. The largest absolute Gasteiger partial charge is 0.496 e. The molecule has 4 nitrogen and oxygen atoms in total. The smallest absolute Gasteiger partial charge is 0.471 e. The van der Waals surface area contributed by atoms with Crippen LogP contribution in [0.25, 0.3) is 11.4 Å². The highest BCUT2D eigenvalue weighted by molar-refractivity contribution is 5.60. The molecule has 0 saturated heterocycles. The van der Waals surface area contributed by atoms with E-state index in [0.717, 1.165) is 11.1 Å². The summed E-state index contributed by atoms with van der Waals surface area (Å²) in [4.78, 5) is 3.35. The molecule has 0 atom stereocenters. The lowest BCUT2D eigenvalue weighted by Gasteiger charge is -2.09. The van der Waals surface area contributed by atoms with Crippen LogP contribution >= 0.6 is 0 Å². The fourth-order valence-electron chi connectivity index (χ4n) is 1.86. The van der Waals surface area contributed by atoms with Crippen LogP contribution in [-0.2, 0) is 6.18 Å². The molecule has 0 amide bonds. The van der Waals surface area contributed by atoms with Gasteiger partial charge in [-0.05, 0) is 37.1 Å². The zero-order chi connectivity index (χ0) is 14.2. The van der Waals surface area contributed by atoms with E-state index >= 15 is 0 Å². The minimum absolute atomic E-state index is 0.0961. The lowest BCUT2D eigenvalue weighted by atomic mass is 10.1. The fraction of sp³-hybridized carbons (Fsp3) is 0.333. The first-order valence-corrected chi connectivity index (χ1v) is 5.39. The van der Waals surface area contributed by atoms with E-state index in [2.05, 4.69) is 14.7 Å². The SMILES string of the molecule is COc1c(C)cc(-c2noc(C(F)(F)F)n2)cc1C. The summed E-state index contributed by atoms with van der Waals surface area (Å²) in [5.41, 5.74) is 2.03. The van der Waals surface area contributed by atoms with Crippen molar-refractivity contribution in [3.63, 3.8) is 0 Å². The lowest BCUT2D eigenvalue weighted by molar-refractivity contribution is -0.159. The minimum Gasteiger partial charge on any atom is -0.496 e. The van der Waals surface area contributed by atoms with Gasteiger partial charge in [0.1, 0.15) is 5.75 Å². The quantitative estimate of drug-likeness (QED) is 0.840. The molecule has 0 aliphatic rings. The van der Waals surface area contributed by atoms with Crippen LogP contribution in [0.5, 0.6) is 5.75 Å². The standard InChI is InChI=1S/C12H11F3N2O2/c1-6-4-8(5-7(2)9(6)18-3)10-16-11(19-17-10)12(13,14)15/h4-5H,1-3H3. The Balaban J connectivity index is 2.46. The molecule has 1 heterocycles. The average molecular weight is 272 g/mol. The van der Waals surface area contributed by atoms with Crippen molar-refractivity contribution in [1.82, 2.24) is 10.1 Å². The Morgan fingerprint density at radius 1 is 1.16 bits per heavy atom. The number of halogens is 3. The molecule has 2 aromatic rings. The zero-order valence-electron chi connectivity index (χ0n) is 10.5. The number of alkyl halides is 3. The topological polar surface area (TPSA) is 48.2 Å². The van der Waals surface area contributed by atoms with Crippen molar-refractivity contribution >= 4 is 0 Å². The summed E-state index contributed by atoms with van der Waals surface area (Å²) in [6, 6.07) is 3.30. The number of hydrogen-bond acceptors (Lipinski definition) is 4. The van der Waals surface area contributed by atoms with Gasteiger partial charge in [-0.15, -0.1) is 0 Å². The number of benzene rings is 1. The summed E-state index contributed by atoms with van der Waals surface area (Å²) in [5.74, 6) is -0.766. The van der Waals surface area contributed by atoms with E-state index in [4.69, 9.17) is 4.74 Å². The van der Waals surface area contributed by atoms with Gasteiger partial charge in [-0.25, -0.2) is 0 Å². The van der Waals surface area contributed by atoms with Crippen molar-refractivity contribution < 1.29 is 22.4 Å². The molecular formula is C12H11F3N2O2. The molecule has 0 N–H and O–H groups in total. The molecule has 0 aliphatic carbocycles.